The maximum atomic E-state index is 6.20. The van der Waals surface area contributed by atoms with E-state index in [1.165, 1.54) is 71.0 Å². The molecule has 0 radical (unpaired) electrons. The predicted molar refractivity (Wildman–Crippen MR) is 85.3 cm³/mol. The molecule has 112 valence electrons. The van der Waals surface area contributed by atoms with E-state index in [0.29, 0.717) is 10.8 Å². The van der Waals surface area contributed by atoms with Crippen LogP contribution < -0.4 is 0 Å². The fraction of sp³-hybridized carbons (Fsp3) is 1.00. The molecule has 2 aliphatic carbocycles. The van der Waals surface area contributed by atoms with Gasteiger partial charge in [0.05, 0.1) is 0 Å². The highest BCUT2D eigenvalue weighted by Gasteiger charge is 2.24. The molecular weight excluding hydrogens is 277 g/mol. The Labute approximate surface area is 129 Å². The Morgan fingerprint density at radius 2 is 1.11 bits per heavy atom. The Bertz CT molecular complexity index is 219. The van der Waals surface area contributed by atoms with Gasteiger partial charge in [-0.05, 0) is 69.7 Å². The summed E-state index contributed by atoms with van der Waals surface area (Å²) in [4.78, 5) is 2.68. The van der Waals surface area contributed by atoms with Crippen molar-refractivity contribution in [2.24, 2.45) is 11.8 Å². The number of rotatable bonds is 5. The molecular formula is C16H29Cl2N. The molecule has 0 atom stereocenters. The zero-order valence-corrected chi connectivity index (χ0v) is 13.8. The maximum Gasteiger partial charge on any atom is 0.0336 e. The first-order valence-electron chi connectivity index (χ1n) is 8.17. The number of hydrogen-bond acceptors (Lipinski definition) is 1. The minimum atomic E-state index is 0.449. The predicted octanol–water partition coefficient (Wildman–Crippen LogP) is 4.90. The van der Waals surface area contributed by atoms with Crippen LogP contribution in [0.3, 0.4) is 0 Å². The highest BCUT2D eigenvalue weighted by atomic mass is 35.5. The highest BCUT2D eigenvalue weighted by molar-refractivity contribution is 6.20. The van der Waals surface area contributed by atoms with Gasteiger partial charge in [-0.15, -0.1) is 23.2 Å². The van der Waals surface area contributed by atoms with E-state index in [2.05, 4.69) is 11.8 Å². The first-order valence-corrected chi connectivity index (χ1v) is 9.05. The summed E-state index contributed by atoms with van der Waals surface area (Å²) in [6.07, 6.45) is 10.2. The zero-order valence-electron chi connectivity index (χ0n) is 12.3. The van der Waals surface area contributed by atoms with E-state index in [9.17, 15) is 0 Å². The van der Waals surface area contributed by atoms with Gasteiger partial charge < -0.3 is 4.90 Å². The number of halogens is 2. The highest BCUT2D eigenvalue weighted by Crippen LogP contribution is 2.30. The summed E-state index contributed by atoms with van der Waals surface area (Å²) in [7, 11) is 0. The molecule has 0 aromatic heterocycles. The minimum absolute atomic E-state index is 0.449. The maximum absolute atomic E-state index is 6.20. The van der Waals surface area contributed by atoms with Crippen molar-refractivity contribution in [3.8, 4) is 0 Å². The normalized spacial score (nSPS) is 36.6. The first kappa shape index (κ1) is 15.9. The lowest BCUT2D eigenvalue weighted by Gasteiger charge is -2.34. The van der Waals surface area contributed by atoms with Crippen molar-refractivity contribution in [1.82, 2.24) is 4.90 Å². The molecule has 0 N–H and O–H groups in total. The average molecular weight is 306 g/mol. The topological polar surface area (TPSA) is 3.24 Å². The van der Waals surface area contributed by atoms with Gasteiger partial charge in [0, 0.05) is 23.8 Å². The summed E-state index contributed by atoms with van der Waals surface area (Å²) in [5.74, 6) is 1.78. The summed E-state index contributed by atoms with van der Waals surface area (Å²) in [6, 6.07) is 0. The number of nitrogens with zero attached hydrogens (tertiary/aromatic N) is 1. The van der Waals surface area contributed by atoms with E-state index in [1.807, 2.05) is 0 Å². The number of alkyl halides is 2. The lowest BCUT2D eigenvalue weighted by atomic mass is 9.86. The van der Waals surface area contributed by atoms with Crippen molar-refractivity contribution in [3.05, 3.63) is 0 Å². The molecule has 2 rings (SSSR count). The zero-order chi connectivity index (χ0) is 13.7. The lowest BCUT2D eigenvalue weighted by Crippen LogP contribution is -2.36. The van der Waals surface area contributed by atoms with Crippen LogP contribution >= 0.6 is 23.2 Å². The van der Waals surface area contributed by atoms with Crippen LogP contribution in [0.4, 0.5) is 0 Å². The Morgan fingerprint density at radius 3 is 1.42 bits per heavy atom. The van der Waals surface area contributed by atoms with E-state index in [4.69, 9.17) is 23.2 Å². The molecule has 19 heavy (non-hydrogen) atoms. The molecule has 0 heterocycles. The quantitative estimate of drug-likeness (QED) is 0.653. The van der Waals surface area contributed by atoms with Crippen molar-refractivity contribution in [1.29, 1.82) is 0 Å². The van der Waals surface area contributed by atoms with Gasteiger partial charge in [0.1, 0.15) is 0 Å². The first-order chi connectivity index (χ1) is 9.17. The standard InChI is InChI=1S/C16H29Cl2N/c1-2-19(11-13-3-7-15(17)8-4-13)12-14-5-9-16(18)10-6-14/h13-16H,2-12H2,1H3. The third kappa shape index (κ3) is 5.44. The Balaban J connectivity index is 1.70. The molecule has 0 aliphatic heterocycles. The molecule has 0 bridgehead atoms. The third-order valence-electron chi connectivity index (χ3n) is 5.03. The van der Waals surface area contributed by atoms with Crippen molar-refractivity contribution in [2.75, 3.05) is 19.6 Å². The van der Waals surface area contributed by atoms with Gasteiger partial charge in [0.2, 0.25) is 0 Å². The van der Waals surface area contributed by atoms with E-state index >= 15 is 0 Å². The van der Waals surface area contributed by atoms with Crippen LogP contribution in [0.15, 0.2) is 0 Å². The summed E-state index contributed by atoms with van der Waals surface area (Å²) in [6.45, 7) is 6.09. The van der Waals surface area contributed by atoms with Crippen LogP contribution in [0.1, 0.15) is 58.3 Å². The van der Waals surface area contributed by atoms with E-state index in [-0.39, 0.29) is 0 Å². The van der Waals surface area contributed by atoms with Crippen molar-refractivity contribution >= 4 is 23.2 Å². The molecule has 0 spiro atoms. The molecule has 0 aromatic rings. The summed E-state index contributed by atoms with van der Waals surface area (Å²) < 4.78 is 0. The van der Waals surface area contributed by atoms with Crippen LogP contribution in [0.5, 0.6) is 0 Å². The molecule has 1 nitrogen and oxygen atoms in total. The summed E-state index contributed by atoms with van der Waals surface area (Å²) in [5, 5.41) is 0.899. The van der Waals surface area contributed by atoms with Gasteiger partial charge >= 0.3 is 0 Å². The molecule has 0 aromatic carbocycles. The molecule has 0 saturated heterocycles. The fourth-order valence-corrected chi connectivity index (χ4v) is 4.18. The fourth-order valence-electron chi connectivity index (χ4n) is 3.67. The summed E-state index contributed by atoms with van der Waals surface area (Å²) >= 11 is 12.4. The van der Waals surface area contributed by atoms with Crippen LogP contribution in [-0.4, -0.2) is 35.3 Å². The van der Waals surface area contributed by atoms with E-state index in [0.717, 1.165) is 11.8 Å². The molecule has 2 saturated carbocycles. The lowest BCUT2D eigenvalue weighted by molar-refractivity contribution is 0.167. The van der Waals surface area contributed by atoms with Crippen LogP contribution in [-0.2, 0) is 0 Å². The van der Waals surface area contributed by atoms with Gasteiger partial charge in [-0.25, -0.2) is 0 Å². The molecule has 0 unspecified atom stereocenters. The van der Waals surface area contributed by atoms with Gasteiger partial charge in [-0.1, -0.05) is 6.92 Å². The van der Waals surface area contributed by atoms with Gasteiger partial charge in [0.25, 0.3) is 0 Å². The average Bonchev–Trinajstić information content (AvgIpc) is 2.43. The molecule has 3 heteroatoms. The monoisotopic (exact) mass is 305 g/mol. The molecule has 2 aliphatic rings. The van der Waals surface area contributed by atoms with Crippen LogP contribution in [0, 0.1) is 11.8 Å². The molecule has 2 fully saturated rings. The summed E-state index contributed by atoms with van der Waals surface area (Å²) in [5.41, 5.74) is 0. The Kier molecular flexibility index (Phi) is 6.79. The SMILES string of the molecule is CCN(CC1CCC(Cl)CC1)CC1CCC(Cl)CC1. The van der Waals surface area contributed by atoms with Crippen molar-refractivity contribution in [3.63, 3.8) is 0 Å². The van der Waals surface area contributed by atoms with Crippen molar-refractivity contribution in [2.45, 2.75) is 69.0 Å². The van der Waals surface area contributed by atoms with Crippen LogP contribution in [0.25, 0.3) is 0 Å². The molecule has 0 amide bonds. The van der Waals surface area contributed by atoms with Gasteiger partial charge in [-0.3, -0.25) is 0 Å². The second-order valence-corrected chi connectivity index (χ2v) is 7.82. The van der Waals surface area contributed by atoms with E-state index < -0.39 is 0 Å². The second kappa shape index (κ2) is 8.10. The smallest absolute Gasteiger partial charge is 0.0336 e. The Morgan fingerprint density at radius 1 is 0.737 bits per heavy atom. The largest absolute Gasteiger partial charge is 0.303 e. The van der Waals surface area contributed by atoms with Crippen LogP contribution in [0.2, 0.25) is 0 Å². The Hall–Kier alpha value is 0.540. The second-order valence-electron chi connectivity index (χ2n) is 6.59. The number of hydrogen-bond donors (Lipinski definition) is 0. The van der Waals surface area contributed by atoms with Crippen molar-refractivity contribution < 1.29 is 0 Å². The van der Waals surface area contributed by atoms with Gasteiger partial charge in [-0.2, -0.15) is 0 Å². The third-order valence-corrected chi connectivity index (χ3v) is 5.91. The minimum Gasteiger partial charge on any atom is -0.303 e. The van der Waals surface area contributed by atoms with Gasteiger partial charge in [0.15, 0.2) is 0 Å². The van der Waals surface area contributed by atoms with E-state index in [1.54, 1.807) is 0 Å².